The number of hydrogen-bond acceptors (Lipinski definition) is 4. The summed E-state index contributed by atoms with van der Waals surface area (Å²) in [6.07, 6.45) is -2.61. The van der Waals surface area contributed by atoms with Gasteiger partial charge in [-0.1, -0.05) is 30.3 Å². The first-order valence-corrected chi connectivity index (χ1v) is 7.27. The fraction of sp³-hybridized carbons (Fsp3) is 0.235. The third-order valence-electron chi connectivity index (χ3n) is 3.30. The zero-order chi connectivity index (χ0) is 17.5. The van der Waals surface area contributed by atoms with Crippen LogP contribution in [0.4, 0.5) is 14.9 Å². The quantitative estimate of drug-likeness (QED) is 0.722. The highest BCUT2D eigenvalue weighted by atomic mass is 19.1. The van der Waals surface area contributed by atoms with Gasteiger partial charge in [0.15, 0.2) is 11.6 Å². The molecule has 2 aromatic carbocycles. The van der Waals surface area contributed by atoms with Crippen molar-refractivity contribution in [2.75, 3.05) is 18.1 Å². The molecule has 7 heteroatoms. The zero-order valence-corrected chi connectivity index (χ0v) is 12.8. The van der Waals surface area contributed by atoms with E-state index in [1.54, 1.807) is 0 Å². The van der Waals surface area contributed by atoms with Crippen molar-refractivity contribution in [3.05, 3.63) is 59.9 Å². The zero-order valence-electron chi connectivity index (χ0n) is 12.8. The second-order valence-electron chi connectivity index (χ2n) is 5.12. The summed E-state index contributed by atoms with van der Waals surface area (Å²) in [7, 11) is 0. The first kappa shape index (κ1) is 17.7. The maximum atomic E-state index is 14.1. The molecule has 6 nitrogen and oxygen atoms in total. The van der Waals surface area contributed by atoms with E-state index in [0.717, 1.165) is 16.5 Å². The number of amides is 1. The number of rotatable bonds is 7. The Hall–Kier alpha value is -2.64. The van der Waals surface area contributed by atoms with Gasteiger partial charge in [0.05, 0.1) is 24.9 Å². The molecule has 0 aliphatic rings. The molecule has 0 aliphatic heterocycles. The van der Waals surface area contributed by atoms with Crippen molar-refractivity contribution in [2.24, 2.45) is 0 Å². The van der Waals surface area contributed by atoms with Crippen LogP contribution in [0.1, 0.15) is 5.56 Å². The summed E-state index contributed by atoms with van der Waals surface area (Å²) >= 11 is 0. The van der Waals surface area contributed by atoms with Gasteiger partial charge in [0.2, 0.25) is 0 Å². The summed E-state index contributed by atoms with van der Waals surface area (Å²) in [5, 5.41) is 27.4. The Labute approximate surface area is 138 Å². The van der Waals surface area contributed by atoms with Gasteiger partial charge in [0.25, 0.3) is 0 Å². The smallest absolute Gasteiger partial charge is 0.411 e. The summed E-state index contributed by atoms with van der Waals surface area (Å²) in [6.45, 7) is -0.775. The van der Waals surface area contributed by atoms with Crippen molar-refractivity contribution >= 4 is 11.8 Å². The molecule has 3 N–H and O–H groups in total. The Morgan fingerprint density at radius 3 is 2.50 bits per heavy atom. The van der Waals surface area contributed by atoms with Gasteiger partial charge >= 0.3 is 6.09 Å². The van der Waals surface area contributed by atoms with Gasteiger partial charge in [-0.2, -0.15) is 0 Å². The summed E-state index contributed by atoms with van der Waals surface area (Å²) < 4.78 is 19.5. The number of hydrogen-bond donors (Lipinski definition) is 3. The second-order valence-corrected chi connectivity index (χ2v) is 5.12. The number of aliphatic hydroxyl groups excluding tert-OH is 2. The molecule has 0 heterocycles. The van der Waals surface area contributed by atoms with Crippen molar-refractivity contribution < 1.29 is 29.2 Å². The highest BCUT2D eigenvalue weighted by Crippen LogP contribution is 2.25. The molecule has 128 valence electrons. The van der Waals surface area contributed by atoms with Crippen LogP contribution in [-0.4, -0.2) is 40.7 Å². The van der Waals surface area contributed by atoms with Gasteiger partial charge in [0.1, 0.15) is 6.61 Å². The molecule has 2 aromatic rings. The Morgan fingerprint density at radius 2 is 1.92 bits per heavy atom. The van der Waals surface area contributed by atoms with Gasteiger partial charge in [-0.3, -0.25) is 4.90 Å². The van der Waals surface area contributed by atoms with Crippen molar-refractivity contribution in [2.45, 2.75) is 12.7 Å². The Kier molecular flexibility index (Phi) is 6.11. The largest absolute Gasteiger partial charge is 0.486 e. The molecule has 0 spiro atoms. The average molecular weight is 335 g/mol. The van der Waals surface area contributed by atoms with Crippen LogP contribution < -0.4 is 9.64 Å². The van der Waals surface area contributed by atoms with E-state index >= 15 is 0 Å². The monoisotopic (exact) mass is 335 g/mol. The van der Waals surface area contributed by atoms with Gasteiger partial charge in [0, 0.05) is 6.07 Å². The van der Waals surface area contributed by atoms with E-state index in [0.29, 0.717) is 0 Å². The lowest BCUT2D eigenvalue weighted by Crippen LogP contribution is -2.38. The van der Waals surface area contributed by atoms with E-state index in [1.807, 2.05) is 30.3 Å². The number of halogens is 1. The predicted octanol–water partition coefficient (Wildman–Crippen LogP) is 2.24. The van der Waals surface area contributed by atoms with Gasteiger partial charge in [-0.15, -0.1) is 0 Å². The normalized spacial score (nSPS) is 11.8. The summed E-state index contributed by atoms with van der Waals surface area (Å²) in [4.78, 5) is 12.0. The van der Waals surface area contributed by atoms with Crippen molar-refractivity contribution in [3.8, 4) is 5.75 Å². The van der Waals surface area contributed by atoms with Crippen LogP contribution in [0.15, 0.2) is 48.5 Å². The highest BCUT2D eigenvalue weighted by Gasteiger charge is 2.19. The van der Waals surface area contributed by atoms with Crippen LogP contribution in [0.3, 0.4) is 0 Å². The number of ether oxygens (including phenoxy) is 1. The Balaban J connectivity index is 2.11. The van der Waals surface area contributed by atoms with E-state index in [2.05, 4.69) is 0 Å². The summed E-state index contributed by atoms with van der Waals surface area (Å²) in [5.41, 5.74) is 0.916. The molecule has 0 bridgehead atoms. The van der Waals surface area contributed by atoms with E-state index < -0.39 is 24.6 Å². The molecule has 0 aliphatic carbocycles. The van der Waals surface area contributed by atoms with E-state index in [9.17, 15) is 14.3 Å². The molecule has 0 radical (unpaired) electrons. The minimum absolute atomic E-state index is 0.00403. The number of carboxylic acid groups (broad SMARTS) is 1. The third-order valence-corrected chi connectivity index (χ3v) is 3.30. The average Bonchev–Trinajstić information content (AvgIpc) is 2.59. The molecule has 0 saturated carbocycles. The SMILES string of the molecule is O=C(O)N(C[C@@H](O)CO)c1ccc(OCc2ccccc2)c(F)c1. The molecule has 0 unspecified atom stereocenters. The summed E-state index contributed by atoms with van der Waals surface area (Å²) in [5.74, 6) is -0.719. The topological polar surface area (TPSA) is 90.2 Å². The number of benzene rings is 2. The Morgan fingerprint density at radius 1 is 1.21 bits per heavy atom. The molecule has 1 amide bonds. The molecule has 0 aromatic heterocycles. The van der Waals surface area contributed by atoms with Crippen molar-refractivity contribution in [3.63, 3.8) is 0 Å². The molecular weight excluding hydrogens is 317 g/mol. The maximum absolute atomic E-state index is 14.1. The van der Waals surface area contributed by atoms with Crippen LogP contribution in [-0.2, 0) is 6.61 Å². The van der Waals surface area contributed by atoms with Crippen LogP contribution in [0.25, 0.3) is 0 Å². The molecule has 1 atom stereocenters. The number of anilines is 1. The lowest BCUT2D eigenvalue weighted by Gasteiger charge is -2.22. The van der Waals surface area contributed by atoms with Crippen LogP contribution >= 0.6 is 0 Å². The van der Waals surface area contributed by atoms with Crippen molar-refractivity contribution in [1.82, 2.24) is 0 Å². The second kappa shape index (κ2) is 8.28. The lowest BCUT2D eigenvalue weighted by atomic mass is 10.2. The number of carbonyl (C=O) groups is 1. The van der Waals surface area contributed by atoms with E-state index in [-0.39, 0.29) is 24.6 Å². The van der Waals surface area contributed by atoms with Gasteiger partial charge < -0.3 is 20.1 Å². The molecule has 2 rings (SSSR count). The lowest BCUT2D eigenvalue weighted by molar-refractivity contribution is 0.0987. The molecule has 0 saturated heterocycles. The van der Waals surface area contributed by atoms with Crippen molar-refractivity contribution in [1.29, 1.82) is 0 Å². The predicted molar refractivity (Wildman–Crippen MR) is 85.6 cm³/mol. The minimum Gasteiger partial charge on any atom is -0.486 e. The first-order valence-electron chi connectivity index (χ1n) is 7.27. The van der Waals surface area contributed by atoms with Gasteiger partial charge in [-0.25, -0.2) is 9.18 Å². The number of aliphatic hydroxyl groups is 2. The van der Waals surface area contributed by atoms with Crippen LogP contribution in [0, 0.1) is 5.82 Å². The van der Waals surface area contributed by atoms with Crippen LogP contribution in [0.5, 0.6) is 5.75 Å². The van der Waals surface area contributed by atoms with Crippen LogP contribution in [0.2, 0.25) is 0 Å². The fourth-order valence-electron chi connectivity index (χ4n) is 2.07. The maximum Gasteiger partial charge on any atom is 0.411 e. The third kappa shape index (κ3) is 4.68. The standard InChI is InChI=1S/C17H18FNO5/c18-15-8-13(19(17(22)23)9-14(21)10-20)6-7-16(15)24-11-12-4-2-1-3-5-12/h1-8,14,20-21H,9-11H2,(H,22,23)/t14-/m1/s1. The Bertz CT molecular complexity index is 680. The van der Waals surface area contributed by atoms with E-state index in [1.165, 1.54) is 12.1 Å². The highest BCUT2D eigenvalue weighted by molar-refractivity contribution is 5.86. The minimum atomic E-state index is -1.36. The molecular formula is C17H18FNO5. The van der Waals surface area contributed by atoms with Gasteiger partial charge in [-0.05, 0) is 17.7 Å². The summed E-state index contributed by atoms with van der Waals surface area (Å²) in [6, 6.07) is 12.9. The molecule has 0 fully saturated rings. The van der Waals surface area contributed by atoms with E-state index in [4.69, 9.17) is 14.9 Å². The number of nitrogens with zero attached hydrogens (tertiary/aromatic N) is 1. The molecule has 24 heavy (non-hydrogen) atoms. The fourth-order valence-corrected chi connectivity index (χ4v) is 2.07. The first-order chi connectivity index (χ1) is 11.5.